The number of benzene rings is 2. The maximum absolute atomic E-state index is 13.1. The van der Waals surface area contributed by atoms with Crippen LogP contribution in [0.5, 0.6) is 0 Å². The molecule has 4 rings (SSSR count). The van der Waals surface area contributed by atoms with E-state index in [9.17, 15) is 28.2 Å². The second-order valence-electron chi connectivity index (χ2n) is 8.20. The molecule has 36 heavy (non-hydrogen) atoms. The Bertz CT molecular complexity index is 1430. The third kappa shape index (κ3) is 5.20. The third-order valence-corrected chi connectivity index (χ3v) is 5.70. The predicted octanol–water partition coefficient (Wildman–Crippen LogP) is 3.28. The molecule has 2 atom stereocenters. The van der Waals surface area contributed by atoms with E-state index in [0.29, 0.717) is 16.3 Å². The zero-order valence-corrected chi connectivity index (χ0v) is 19.9. The summed E-state index contributed by atoms with van der Waals surface area (Å²) in [6.07, 6.45) is -8.70. The number of aromatic nitrogens is 6. The van der Waals surface area contributed by atoms with Crippen molar-refractivity contribution in [2.45, 2.75) is 45.3 Å². The van der Waals surface area contributed by atoms with E-state index in [1.165, 1.54) is 35.9 Å². The number of halogens is 4. The minimum atomic E-state index is -4.93. The minimum absolute atomic E-state index is 0.0888. The molecule has 0 aliphatic heterocycles. The van der Waals surface area contributed by atoms with Crippen LogP contribution in [0.15, 0.2) is 53.3 Å². The molecule has 0 spiro atoms. The Labute approximate surface area is 208 Å². The van der Waals surface area contributed by atoms with Gasteiger partial charge in [0.1, 0.15) is 12.6 Å². The summed E-state index contributed by atoms with van der Waals surface area (Å²) in [7, 11) is 0. The predicted molar refractivity (Wildman–Crippen MR) is 125 cm³/mol. The number of hydrogen-bond donors (Lipinski definition) is 2. The topological polar surface area (TPSA) is 111 Å². The Morgan fingerprint density at radius 2 is 1.72 bits per heavy atom. The smallest absolute Gasteiger partial charge is 0.385 e. The lowest BCUT2D eigenvalue weighted by Gasteiger charge is -2.15. The van der Waals surface area contributed by atoms with Crippen LogP contribution in [0.3, 0.4) is 0 Å². The molecule has 2 aromatic carbocycles. The second kappa shape index (κ2) is 9.88. The van der Waals surface area contributed by atoms with Gasteiger partial charge >= 0.3 is 11.9 Å². The van der Waals surface area contributed by atoms with E-state index in [1.807, 2.05) is 19.1 Å². The Morgan fingerprint density at radius 1 is 1.06 bits per heavy atom. The molecule has 2 unspecified atom stereocenters. The summed E-state index contributed by atoms with van der Waals surface area (Å²) in [5.74, 6) is 0.242. The van der Waals surface area contributed by atoms with Crippen LogP contribution in [0, 0.1) is 6.92 Å². The van der Waals surface area contributed by atoms with Gasteiger partial charge in [-0.3, -0.25) is 4.57 Å². The zero-order chi connectivity index (χ0) is 26.2. The van der Waals surface area contributed by atoms with Crippen molar-refractivity contribution in [2.75, 3.05) is 0 Å². The normalized spacial score (nSPS) is 13.7. The van der Waals surface area contributed by atoms with E-state index >= 15 is 0 Å². The van der Waals surface area contributed by atoms with Crippen molar-refractivity contribution in [1.29, 1.82) is 0 Å². The fourth-order valence-electron chi connectivity index (χ4n) is 3.62. The summed E-state index contributed by atoms with van der Waals surface area (Å²) in [5.41, 5.74) is 0.963. The van der Waals surface area contributed by atoms with Crippen LogP contribution in [-0.2, 0) is 13.1 Å². The third-order valence-electron chi connectivity index (χ3n) is 5.44. The second-order valence-corrected chi connectivity index (χ2v) is 8.64. The van der Waals surface area contributed by atoms with Crippen molar-refractivity contribution >= 4 is 11.6 Å². The monoisotopic (exact) mass is 522 g/mol. The van der Waals surface area contributed by atoms with Crippen molar-refractivity contribution in [2.24, 2.45) is 0 Å². The van der Waals surface area contributed by atoms with Crippen LogP contribution >= 0.6 is 11.6 Å². The standard InChI is InChI=1S/C23H22ClF3N6O3/c1-13-5-3-4-6-17(13)33-20(14(2)34)28-19(29-33)12-32-22(36)31(11-18(35)23(25,26)27)21(30-32)15-7-9-16(24)10-8-15/h3-10,14,18,34-35H,11-12H2,1-2H3. The minimum Gasteiger partial charge on any atom is -0.385 e. The molecule has 0 radical (unpaired) electrons. The first-order chi connectivity index (χ1) is 17.0. The highest BCUT2D eigenvalue weighted by molar-refractivity contribution is 6.30. The van der Waals surface area contributed by atoms with Gasteiger partial charge in [0.05, 0.1) is 12.2 Å². The summed E-state index contributed by atoms with van der Waals surface area (Å²) in [6.45, 7) is 2.04. The molecule has 2 aromatic heterocycles. The highest BCUT2D eigenvalue weighted by atomic mass is 35.5. The fraction of sp³-hybridized carbons (Fsp3) is 0.304. The van der Waals surface area contributed by atoms with Gasteiger partial charge in [-0.15, -0.1) is 10.2 Å². The van der Waals surface area contributed by atoms with Crippen LogP contribution in [0.25, 0.3) is 17.1 Å². The van der Waals surface area contributed by atoms with E-state index in [-0.39, 0.29) is 24.0 Å². The van der Waals surface area contributed by atoms with Gasteiger partial charge in [-0.05, 0) is 49.7 Å². The molecular weight excluding hydrogens is 501 g/mol. The molecule has 2 heterocycles. The number of hydrogen-bond acceptors (Lipinski definition) is 6. The number of aliphatic hydroxyl groups excluding tert-OH is 2. The Kier molecular flexibility index (Phi) is 7.03. The van der Waals surface area contributed by atoms with Crippen LogP contribution in [-0.4, -0.2) is 51.6 Å². The Morgan fingerprint density at radius 3 is 2.33 bits per heavy atom. The lowest BCUT2D eigenvalue weighted by atomic mass is 10.2. The lowest BCUT2D eigenvalue weighted by molar-refractivity contribution is -0.207. The molecule has 4 aromatic rings. The molecule has 0 bridgehead atoms. The summed E-state index contributed by atoms with van der Waals surface area (Å²) < 4.78 is 42.3. The molecule has 0 amide bonds. The number of nitrogens with zero attached hydrogens (tertiary/aromatic N) is 6. The number of alkyl halides is 3. The van der Waals surface area contributed by atoms with E-state index in [1.54, 1.807) is 12.1 Å². The molecule has 9 nitrogen and oxygen atoms in total. The average molecular weight is 523 g/mol. The Hall–Kier alpha value is -3.48. The molecular formula is C23H22ClF3N6O3. The average Bonchev–Trinajstić information content (AvgIpc) is 3.36. The summed E-state index contributed by atoms with van der Waals surface area (Å²) in [5, 5.41) is 28.9. The quantitative estimate of drug-likeness (QED) is 0.385. The number of para-hydroxylation sites is 1. The van der Waals surface area contributed by atoms with Gasteiger partial charge in [0.15, 0.2) is 23.6 Å². The van der Waals surface area contributed by atoms with Crippen LogP contribution < -0.4 is 5.69 Å². The van der Waals surface area contributed by atoms with Crippen LogP contribution in [0.1, 0.15) is 30.2 Å². The van der Waals surface area contributed by atoms with Gasteiger partial charge in [0.2, 0.25) is 0 Å². The molecule has 0 aliphatic carbocycles. The van der Waals surface area contributed by atoms with Crippen molar-refractivity contribution in [3.8, 4) is 17.1 Å². The first kappa shape index (κ1) is 25.6. The van der Waals surface area contributed by atoms with Gasteiger partial charge in [0, 0.05) is 10.6 Å². The van der Waals surface area contributed by atoms with Crippen LogP contribution in [0.4, 0.5) is 13.2 Å². The first-order valence-electron chi connectivity index (χ1n) is 10.8. The van der Waals surface area contributed by atoms with Crippen molar-refractivity contribution in [3.63, 3.8) is 0 Å². The molecule has 0 saturated carbocycles. The highest BCUT2D eigenvalue weighted by Crippen LogP contribution is 2.24. The maximum atomic E-state index is 13.1. The largest absolute Gasteiger partial charge is 0.416 e. The number of rotatable bonds is 7. The summed E-state index contributed by atoms with van der Waals surface area (Å²) >= 11 is 5.91. The Balaban J connectivity index is 1.78. The molecule has 2 N–H and O–H groups in total. The van der Waals surface area contributed by atoms with E-state index in [4.69, 9.17) is 11.6 Å². The van der Waals surface area contributed by atoms with Gasteiger partial charge in [-0.1, -0.05) is 29.8 Å². The number of aryl methyl sites for hydroxylation is 1. The summed E-state index contributed by atoms with van der Waals surface area (Å²) in [6, 6.07) is 13.3. The summed E-state index contributed by atoms with van der Waals surface area (Å²) in [4.78, 5) is 17.4. The van der Waals surface area contributed by atoms with E-state index < -0.39 is 30.6 Å². The maximum Gasteiger partial charge on any atom is 0.416 e. The van der Waals surface area contributed by atoms with E-state index in [2.05, 4.69) is 15.2 Å². The lowest BCUT2D eigenvalue weighted by Crippen LogP contribution is -2.37. The fourth-order valence-corrected chi connectivity index (χ4v) is 3.74. The van der Waals surface area contributed by atoms with Gasteiger partial charge in [-0.25, -0.2) is 19.1 Å². The van der Waals surface area contributed by atoms with Crippen molar-refractivity contribution in [1.82, 2.24) is 29.1 Å². The van der Waals surface area contributed by atoms with E-state index in [0.717, 1.165) is 14.8 Å². The molecule has 0 saturated heterocycles. The van der Waals surface area contributed by atoms with Crippen LogP contribution in [0.2, 0.25) is 5.02 Å². The van der Waals surface area contributed by atoms with Gasteiger partial charge in [0.25, 0.3) is 0 Å². The molecule has 0 fully saturated rings. The van der Waals surface area contributed by atoms with Gasteiger partial charge < -0.3 is 10.2 Å². The molecule has 190 valence electrons. The highest BCUT2D eigenvalue weighted by Gasteiger charge is 2.39. The van der Waals surface area contributed by atoms with Crippen molar-refractivity contribution in [3.05, 3.63) is 81.3 Å². The van der Waals surface area contributed by atoms with Gasteiger partial charge in [-0.2, -0.15) is 13.2 Å². The number of aliphatic hydroxyl groups is 2. The first-order valence-corrected chi connectivity index (χ1v) is 11.2. The molecule has 13 heteroatoms. The zero-order valence-electron chi connectivity index (χ0n) is 19.2. The molecule has 0 aliphatic rings. The van der Waals surface area contributed by atoms with Crippen molar-refractivity contribution < 1.29 is 23.4 Å². The SMILES string of the molecule is Cc1ccccc1-n1nc(Cn2nc(-c3ccc(Cl)cc3)n(CC(O)C(F)(F)F)c2=O)nc1C(C)O.